The average molecular weight is 796 g/mol. The van der Waals surface area contributed by atoms with E-state index < -0.39 is 21.3 Å². The van der Waals surface area contributed by atoms with E-state index in [4.69, 9.17) is 0 Å². The molecule has 4 heteroatoms. The van der Waals surface area contributed by atoms with Crippen molar-refractivity contribution in [3.8, 4) is 11.1 Å². The first kappa shape index (κ1) is 37.7. The minimum atomic E-state index is -2.75. The zero-order valence-corrected chi connectivity index (χ0v) is 33.5. The number of fused-ring (bicyclic) bond motifs is 3. The van der Waals surface area contributed by atoms with E-state index in [1.807, 2.05) is 0 Å². The molecule has 258 valence electrons. The fraction of sp³-hybridized carbons (Fsp3) is 0.146. The maximum atomic E-state index is 2.59. The van der Waals surface area contributed by atoms with Crippen molar-refractivity contribution < 1.29 is 46.1 Å². The third-order valence-electron chi connectivity index (χ3n) is 10.2. The smallest absolute Gasteiger partial charge is 1.00 e. The van der Waals surface area contributed by atoms with Crippen LogP contribution < -0.4 is 29.7 Å². The average Bonchev–Trinajstić information content (AvgIpc) is 3.82. The molecule has 0 radical (unpaired) electrons. The number of hydrogen-bond acceptors (Lipinski definition) is 1. The van der Waals surface area contributed by atoms with Crippen molar-refractivity contribution >= 4 is 8.89 Å². The van der Waals surface area contributed by atoms with Crippen LogP contribution in [0.5, 0.6) is 0 Å². The fourth-order valence-electron chi connectivity index (χ4n) is 7.97. The topological polar surface area (TPSA) is 3.24 Å². The van der Waals surface area contributed by atoms with Gasteiger partial charge in [-0.25, -0.2) is 0 Å². The molecule has 2 aliphatic carbocycles. The van der Waals surface area contributed by atoms with Gasteiger partial charge in [-0.1, -0.05) is 0 Å². The number of anilines is 1. The van der Waals surface area contributed by atoms with Gasteiger partial charge in [-0.15, -0.1) is 0 Å². The number of rotatable bonds is 11. The van der Waals surface area contributed by atoms with Gasteiger partial charge >= 0.3 is 307 Å². The van der Waals surface area contributed by atoms with Crippen LogP contribution in [0, 0.1) is 0 Å². The minimum absolute atomic E-state index is 0. The molecule has 0 bridgehead atoms. The van der Waals surface area contributed by atoms with E-state index in [1.165, 1.54) is 50.2 Å². The van der Waals surface area contributed by atoms with Crippen molar-refractivity contribution in [2.75, 3.05) is 4.90 Å². The summed E-state index contributed by atoms with van der Waals surface area (Å²) >= 11 is -2.75. The second-order valence-corrected chi connectivity index (χ2v) is 20.1. The molecule has 2 aliphatic rings. The van der Waals surface area contributed by atoms with Gasteiger partial charge in [-0.05, 0) is 0 Å². The summed E-state index contributed by atoms with van der Waals surface area (Å²) in [4.78, 5) is 2.57. The predicted octanol–water partition coefficient (Wildman–Crippen LogP) is 5.73. The molecule has 8 rings (SSSR count). The first-order chi connectivity index (χ1) is 24.8. The summed E-state index contributed by atoms with van der Waals surface area (Å²) in [5.41, 5.74) is 14.1. The van der Waals surface area contributed by atoms with Crippen molar-refractivity contribution in [2.45, 2.75) is 40.1 Å². The Hall–Kier alpha value is -4.07. The summed E-state index contributed by atoms with van der Waals surface area (Å²) in [5.74, 6) is 0. The predicted molar refractivity (Wildman–Crippen MR) is 209 cm³/mol. The van der Waals surface area contributed by atoms with Gasteiger partial charge in [0, 0.05) is 0 Å². The van der Waals surface area contributed by atoms with Crippen molar-refractivity contribution in [3.05, 3.63) is 221 Å². The van der Waals surface area contributed by atoms with Gasteiger partial charge in [0.1, 0.15) is 0 Å². The van der Waals surface area contributed by atoms with Crippen LogP contribution in [0.3, 0.4) is 0 Å². The van der Waals surface area contributed by atoms with E-state index >= 15 is 0 Å². The first-order valence-electron chi connectivity index (χ1n) is 18.1. The Morgan fingerprint density at radius 3 is 1.54 bits per heavy atom. The number of allylic oxidation sites excluding steroid dienone is 4. The third kappa shape index (κ3) is 7.96. The maximum absolute atomic E-state index is 2.75. The molecule has 1 atom stereocenters. The van der Waals surface area contributed by atoms with Crippen LogP contribution in [0.25, 0.3) is 11.1 Å². The summed E-state index contributed by atoms with van der Waals surface area (Å²) in [7, 11) is 0. The van der Waals surface area contributed by atoms with E-state index in [9.17, 15) is 0 Å². The monoisotopic (exact) mass is 793 g/mol. The molecule has 0 N–H and O–H groups in total. The Morgan fingerprint density at radius 2 is 1.02 bits per heavy atom. The zero-order valence-electron chi connectivity index (χ0n) is 29.5. The number of halogens is 2. The van der Waals surface area contributed by atoms with Gasteiger partial charge in [-0.3, -0.25) is 0 Å². The Balaban J connectivity index is 0.00000232. The Bertz CT molecular complexity index is 2080. The molecule has 6 aromatic carbocycles. The molecule has 0 heterocycles. The fourth-order valence-corrected chi connectivity index (χ4v) is 17.3. The van der Waals surface area contributed by atoms with Gasteiger partial charge < -0.3 is 24.8 Å². The molecule has 1 nitrogen and oxygen atoms in total. The standard InChI is InChI=1S/C30H28N.C13H10.C5H5.2ClH.Zr/c1-2-9-23-14-16-29-26(18-23)19-27-20-28(15-17-30(27)29)31(21-24-10-5-3-6-11-24)22-25-12-7-4-8-13-25;1-3-7-12(8-4-1)11-13-9-5-2-6-10-13;1-2-4-5-3-1;;;/h3-8,10-20H,2,9,21-22H2,1H3;1-10H;1-5H;2*1H;/q;;;;;+2/p-2. The van der Waals surface area contributed by atoms with Crippen LogP contribution in [0.4, 0.5) is 5.69 Å². The second-order valence-electron chi connectivity index (χ2n) is 13.6. The Kier molecular flexibility index (Phi) is 12.8. The van der Waals surface area contributed by atoms with Crippen molar-refractivity contribution in [3.63, 3.8) is 0 Å². The van der Waals surface area contributed by atoms with E-state index in [0.29, 0.717) is 7.25 Å². The third-order valence-corrected chi connectivity index (χ3v) is 18.8. The normalized spacial score (nSPS) is 13.7. The van der Waals surface area contributed by atoms with Gasteiger partial charge in [0.2, 0.25) is 0 Å². The van der Waals surface area contributed by atoms with Crippen LogP contribution >= 0.6 is 0 Å². The van der Waals surface area contributed by atoms with Crippen LogP contribution in [-0.4, -0.2) is 3.21 Å². The van der Waals surface area contributed by atoms with Crippen molar-refractivity contribution in [1.29, 1.82) is 0 Å². The largest absolute Gasteiger partial charge is 1.00 e. The van der Waals surface area contributed by atoms with Crippen LogP contribution in [0.1, 0.15) is 55.9 Å². The second kappa shape index (κ2) is 17.6. The summed E-state index contributed by atoms with van der Waals surface area (Å²) < 4.78 is 2.44. The molecule has 1 unspecified atom stereocenters. The van der Waals surface area contributed by atoms with Crippen LogP contribution in [-0.2, 0) is 40.8 Å². The van der Waals surface area contributed by atoms with Gasteiger partial charge in [0.15, 0.2) is 0 Å². The quantitative estimate of drug-likeness (QED) is 0.162. The molecule has 0 fully saturated rings. The summed E-state index contributed by atoms with van der Waals surface area (Å²) in [5, 5.41) is 0. The van der Waals surface area contributed by atoms with Gasteiger partial charge in [0.25, 0.3) is 0 Å². The molecule has 52 heavy (non-hydrogen) atoms. The summed E-state index contributed by atoms with van der Waals surface area (Å²) in [6.07, 6.45) is 11.9. The van der Waals surface area contributed by atoms with E-state index in [1.54, 1.807) is 8.77 Å². The van der Waals surface area contributed by atoms with Gasteiger partial charge in [-0.2, -0.15) is 0 Å². The summed E-state index contributed by atoms with van der Waals surface area (Å²) in [6, 6.07) is 59.3. The molecule has 0 saturated carbocycles. The molecule has 0 saturated heterocycles. The maximum Gasteiger partial charge on any atom is -1.00 e. The molecule has 6 aromatic rings. The SMILES string of the molecule is CCCc1ccc2c(c1)[CH]([Zr+2](=[C](c1ccccc1)c1ccccc1)[CH]1C=CC=C1)c1cc(N(Cc3ccccc3)Cc3ccccc3)ccc1-2.[Cl-].[Cl-]. The number of aryl methyl sites for hydroxylation is 1. The van der Waals surface area contributed by atoms with E-state index in [2.05, 4.69) is 194 Å². The molecular formula is C48H43Cl2NZr. The molecule has 0 spiro atoms. The Morgan fingerprint density at radius 1 is 0.538 bits per heavy atom. The van der Waals surface area contributed by atoms with Crippen molar-refractivity contribution in [2.24, 2.45) is 0 Å². The molecule has 0 aliphatic heterocycles. The number of nitrogens with zero attached hydrogens (tertiary/aromatic N) is 1. The molecular weight excluding hydrogens is 753 g/mol. The molecule has 0 aromatic heterocycles. The number of benzene rings is 6. The minimum Gasteiger partial charge on any atom is -1.00 e. The van der Waals surface area contributed by atoms with Crippen LogP contribution in [0.15, 0.2) is 182 Å². The first-order valence-corrected chi connectivity index (χ1v) is 22.1. The van der Waals surface area contributed by atoms with E-state index in [-0.39, 0.29) is 24.8 Å². The van der Waals surface area contributed by atoms with Crippen molar-refractivity contribution in [1.82, 2.24) is 0 Å². The van der Waals surface area contributed by atoms with Crippen LogP contribution in [0.2, 0.25) is 3.63 Å². The Labute approximate surface area is 329 Å². The van der Waals surface area contributed by atoms with Gasteiger partial charge in [0.05, 0.1) is 0 Å². The number of hydrogen-bond donors (Lipinski definition) is 0. The molecule has 0 amide bonds. The zero-order chi connectivity index (χ0) is 33.7. The van der Waals surface area contributed by atoms with E-state index in [0.717, 1.165) is 25.9 Å². The summed E-state index contributed by atoms with van der Waals surface area (Å²) in [6.45, 7) is 4.02.